The molecular weight excluding hydrogens is 436 g/mol. The van der Waals surface area contributed by atoms with Crippen molar-refractivity contribution >= 4 is 11.6 Å². The van der Waals surface area contributed by atoms with Crippen molar-refractivity contribution in [1.82, 2.24) is 0 Å². The molecule has 0 aliphatic carbocycles. The largest absolute Gasteiger partial charge is 0.457 e. The standard InChI is InChI=1S/C14H14O.C9H12.C8H9Cl.CH4/c1-11-3-7-13(8-4-11)15-14-9-5-12(2)6-10-14;1-7-4-5-8(2)9(3)6-7;1-6-3-4-7(2)8(9)5-6;/h3-10H,1-2H3;4-6H,1-3H3;3-5H,1-2H3;1H4. The van der Waals surface area contributed by atoms with Gasteiger partial charge in [-0.25, -0.2) is 0 Å². The zero-order chi connectivity index (χ0) is 24.4. The van der Waals surface area contributed by atoms with Gasteiger partial charge in [-0.15, -0.1) is 0 Å². The normalized spacial score (nSPS) is 9.53. The van der Waals surface area contributed by atoms with Gasteiger partial charge in [-0.1, -0.05) is 90.3 Å². The zero-order valence-electron chi connectivity index (χ0n) is 20.9. The summed E-state index contributed by atoms with van der Waals surface area (Å²) in [5, 5.41) is 0.856. The first-order chi connectivity index (χ1) is 15.6. The molecule has 0 atom stereocenters. The van der Waals surface area contributed by atoms with Crippen molar-refractivity contribution in [1.29, 1.82) is 0 Å². The molecule has 0 bridgehead atoms. The minimum Gasteiger partial charge on any atom is -0.457 e. The molecule has 0 saturated carbocycles. The third kappa shape index (κ3) is 10.3. The number of hydrogen-bond acceptors (Lipinski definition) is 1. The molecule has 0 fully saturated rings. The molecule has 0 heterocycles. The molecule has 1 nitrogen and oxygen atoms in total. The Balaban J connectivity index is 0.000000266. The Hall–Kier alpha value is -3.03. The van der Waals surface area contributed by atoms with Crippen LogP contribution in [0.4, 0.5) is 0 Å². The van der Waals surface area contributed by atoms with Crippen molar-refractivity contribution in [2.45, 2.75) is 55.9 Å². The Bertz CT molecular complexity index is 1050. The van der Waals surface area contributed by atoms with E-state index in [4.69, 9.17) is 16.3 Å². The molecule has 0 spiro atoms. The highest BCUT2D eigenvalue weighted by Gasteiger charge is 1.96. The summed E-state index contributed by atoms with van der Waals surface area (Å²) in [7, 11) is 0. The maximum absolute atomic E-state index is 5.81. The lowest BCUT2D eigenvalue weighted by Gasteiger charge is -2.05. The third-order valence-electron chi connectivity index (χ3n) is 5.27. The van der Waals surface area contributed by atoms with Crippen molar-refractivity contribution in [3.8, 4) is 11.5 Å². The number of benzene rings is 4. The lowest BCUT2D eigenvalue weighted by molar-refractivity contribution is 0.482. The van der Waals surface area contributed by atoms with E-state index in [2.05, 4.69) is 58.9 Å². The Morgan fingerprint density at radius 3 is 1.18 bits per heavy atom. The first-order valence-electron chi connectivity index (χ1n) is 11.2. The van der Waals surface area contributed by atoms with Crippen molar-refractivity contribution < 1.29 is 4.74 Å². The number of halogens is 1. The molecule has 0 amide bonds. The molecule has 4 aromatic rings. The van der Waals surface area contributed by atoms with Gasteiger partial charge in [-0.05, 0) is 101 Å². The molecule has 0 unspecified atom stereocenters. The van der Waals surface area contributed by atoms with Crippen LogP contribution >= 0.6 is 11.6 Å². The van der Waals surface area contributed by atoms with Crippen LogP contribution in [0.2, 0.25) is 5.02 Å². The van der Waals surface area contributed by atoms with Crippen LogP contribution in [0.1, 0.15) is 46.4 Å². The van der Waals surface area contributed by atoms with Gasteiger partial charge < -0.3 is 4.74 Å². The van der Waals surface area contributed by atoms with Crippen LogP contribution in [-0.4, -0.2) is 0 Å². The minimum atomic E-state index is 0. The molecular formula is C32H39ClO. The third-order valence-corrected chi connectivity index (χ3v) is 5.67. The van der Waals surface area contributed by atoms with Crippen LogP contribution in [0.5, 0.6) is 11.5 Å². The van der Waals surface area contributed by atoms with E-state index in [9.17, 15) is 0 Å². The SMILES string of the molecule is C.Cc1ccc(C)c(C)c1.Cc1ccc(C)c(Cl)c1.Cc1ccc(Oc2ccc(C)cc2)cc1. The van der Waals surface area contributed by atoms with Gasteiger partial charge in [-0.3, -0.25) is 0 Å². The van der Waals surface area contributed by atoms with E-state index in [1.54, 1.807) is 0 Å². The van der Waals surface area contributed by atoms with Crippen molar-refractivity contribution in [2.75, 3.05) is 0 Å². The van der Waals surface area contributed by atoms with Crippen molar-refractivity contribution in [2.24, 2.45) is 0 Å². The number of aryl methyl sites for hydroxylation is 7. The van der Waals surface area contributed by atoms with E-state index < -0.39 is 0 Å². The van der Waals surface area contributed by atoms with Gasteiger partial charge in [0, 0.05) is 5.02 Å². The summed E-state index contributed by atoms with van der Waals surface area (Å²) >= 11 is 5.81. The highest BCUT2D eigenvalue weighted by molar-refractivity contribution is 6.31. The van der Waals surface area contributed by atoms with E-state index in [0.29, 0.717) is 0 Å². The average molecular weight is 475 g/mol. The van der Waals surface area contributed by atoms with E-state index >= 15 is 0 Å². The topological polar surface area (TPSA) is 9.23 Å². The smallest absolute Gasteiger partial charge is 0.127 e. The van der Waals surface area contributed by atoms with Crippen LogP contribution in [0.3, 0.4) is 0 Å². The monoisotopic (exact) mass is 474 g/mol. The molecule has 4 rings (SSSR count). The summed E-state index contributed by atoms with van der Waals surface area (Å²) in [5.41, 5.74) is 8.94. The van der Waals surface area contributed by atoms with Gasteiger partial charge in [0.1, 0.15) is 11.5 Å². The molecule has 0 N–H and O–H groups in total. The molecule has 0 aliphatic heterocycles. The molecule has 180 valence electrons. The van der Waals surface area contributed by atoms with E-state index in [1.165, 1.54) is 33.4 Å². The summed E-state index contributed by atoms with van der Waals surface area (Å²) in [6, 6.07) is 28.7. The van der Waals surface area contributed by atoms with Gasteiger partial charge in [-0.2, -0.15) is 0 Å². The maximum atomic E-state index is 5.81. The first kappa shape index (κ1) is 29.0. The summed E-state index contributed by atoms with van der Waals surface area (Å²) < 4.78 is 5.69. The number of hydrogen-bond donors (Lipinski definition) is 0. The Kier molecular flexibility index (Phi) is 12.2. The van der Waals surface area contributed by atoms with Crippen LogP contribution in [0.25, 0.3) is 0 Å². The minimum absolute atomic E-state index is 0. The predicted octanol–water partition coefficient (Wildman–Crippen LogP) is 10.3. The van der Waals surface area contributed by atoms with Crippen LogP contribution in [0.15, 0.2) is 84.9 Å². The summed E-state index contributed by atoms with van der Waals surface area (Å²) in [6.07, 6.45) is 0. The Morgan fingerprint density at radius 1 is 0.441 bits per heavy atom. The predicted molar refractivity (Wildman–Crippen MR) is 151 cm³/mol. The van der Waals surface area contributed by atoms with Crippen LogP contribution in [-0.2, 0) is 0 Å². The zero-order valence-corrected chi connectivity index (χ0v) is 21.6. The van der Waals surface area contributed by atoms with Gasteiger partial charge in [0.05, 0.1) is 0 Å². The summed E-state index contributed by atoms with van der Waals surface area (Å²) in [6.45, 7) is 14.6. The fourth-order valence-electron chi connectivity index (χ4n) is 2.94. The summed E-state index contributed by atoms with van der Waals surface area (Å²) in [4.78, 5) is 0. The number of ether oxygens (including phenoxy) is 1. The second-order valence-electron chi connectivity index (χ2n) is 8.57. The molecule has 34 heavy (non-hydrogen) atoms. The molecule has 0 radical (unpaired) electrons. The molecule has 0 aromatic heterocycles. The fraction of sp³-hybridized carbons (Fsp3) is 0.250. The quantitative estimate of drug-likeness (QED) is 0.280. The Morgan fingerprint density at radius 2 is 0.824 bits per heavy atom. The molecule has 2 heteroatoms. The highest BCUT2D eigenvalue weighted by atomic mass is 35.5. The van der Waals surface area contributed by atoms with Crippen LogP contribution in [0, 0.1) is 48.5 Å². The van der Waals surface area contributed by atoms with E-state index in [1.807, 2.05) is 74.5 Å². The second kappa shape index (κ2) is 14.3. The Labute approximate surface area is 212 Å². The lowest BCUT2D eigenvalue weighted by Crippen LogP contribution is -1.84. The molecule has 4 aromatic carbocycles. The van der Waals surface area contributed by atoms with E-state index in [-0.39, 0.29) is 7.43 Å². The van der Waals surface area contributed by atoms with Crippen molar-refractivity contribution in [3.63, 3.8) is 0 Å². The average Bonchev–Trinajstić information content (AvgIpc) is 2.78. The summed E-state index contributed by atoms with van der Waals surface area (Å²) in [5.74, 6) is 1.76. The van der Waals surface area contributed by atoms with Crippen LogP contribution < -0.4 is 4.74 Å². The second-order valence-corrected chi connectivity index (χ2v) is 8.98. The molecule has 0 aliphatic rings. The fourth-order valence-corrected chi connectivity index (χ4v) is 3.17. The van der Waals surface area contributed by atoms with Gasteiger partial charge in [0.15, 0.2) is 0 Å². The number of rotatable bonds is 2. The van der Waals surface area contributed by atoms with E-state index in [0.717, 1.165) is 22.1 Å². The maximum Gasteiger partial charge on any atom is 0.127 e. The van der Waals surface area contributed by atoms with Crippen molar-refractivity contribution in [3.05, 3.63) is 129 Å². The van der Waals surface area contributed by atoms with Gasteiger partial charge in [0.2, 0.25) is 0 Å². The molecule has 0 saturated heterocycles. The lowest BCUT2D eigenvalue weighted by atomic mass is 10.1. The first-order valence-corrected chi connectivity index (χ1v) is 11.6. The highest BCUT2D eigenvalue weighted by Crippen LogP contribution is 2.21. The van der Waals surface area contributed by atoms with Gasteiger partial charge in [0.25, 0.3) is 0 Å². The van der Waals surface area contributed by atoms with Gasteiger partial charge >= 0.3 is 0 Å².